The third kappa shape index (κ3) is 4.05. The second kappa shape index (κ2) is 8.05. The molecule has 0 radical (unpaired) electrons. The SMILES string of the molecule is CCNC(=O)NC(=O)CSc1nc2ccccc2n1-c1ccc(C)cc1. The normalized spacial score (nSPS) is 10.7. The predicted octanol–water partition coefficient (Wildman–Crippen LogP) is 3.27. The summed E-state index contributed by atoms with van der Waals surface area (Å²) < 4.78 is 2.03. The molecule has 0 saturated carbocycles. The van der Waals surface area contributed by atoms with Gasteiger partial charge < -0.3 is 5.32 Å². The number of fused-ring (bicyclic) bond motifs is 1. The largest absolute Gasteiger partial charge is 0.338 e. The van der Waals surface area contributed by atoms with Gasteiger partial charge in [-0.1, -0.05) is 41.6 Å². The van der Waals surface area contributed by atoms with Gasteiger partial charge in [-0.2, -0.15) is 0 Å². The summed E-state index contributed by atoms with van der Waals surface area (Å²) in [6.45, 7) is 4.30. The van der Waals surface area contributed by atoms with Crippen molar-refractivity contribution in [3.05, 3.63) is 54.1 Å². The molecule has 1 aromatic heterocycles. The summed E-state index contributed by atoms with van der Waals surface area (Å²) in [6, 6.07) is 15.5. The number of thioether (sulfide) groups is 1. The Morgan fingerprint density at radius 3 is 2.58 bits per heavy atom. The van der Waals surface area contributed by atoms with E-state index in [1.807, 2.05) is 60.0 Å². The summed E-state index contributed by atoms with van der Waals surface area (Å²) >= 11 is 1.30. The van der Waals surface area contributed by atoms with Crippen LogP contribution >= 0.6 is 11.8 Å². The molecule has 3 amide bonds. The smallest absolute Gasteiger partial charge is 0.321 e. The van der Waals surface area contributed by atoms with Gasteiger partial charge in [0, 0.05) is 12.2 Å². The van der Waals surface area contributed by atoms with Crippen LogP contribution in [0.4, 0.5) is 4.79 Å². The van der Waals surface area contributed by atoms with Crippen LogP contribution in [0.1, 0.15) is 12.5 Å². The van der Waals surface area contributed by atoms with E-state index in [9.17, 15) is 9.59 Å². The average Bonchev–Trinajstić information content (AvgIpc) is 2.99. The van der Waals surface area contributed by atoms with Crippen LogP contribution in [0.5, 0.6) is 0 Å². The number of nitrogens with zero attached hydrogens (tertiary/aromatic N) is 2. The highest BCUT2D eigenvalue weighted by Gasteiger charge is 2.15. The maximum Gasteiger partial charge on any atom is 0.321 e. The highest BCUT2D eigenvalue weighted by Crippen LogP contribution is 2.28. The van der Waals surface area contributed by atoms with Gasteiger partial charge in [0.15, 0.2) is 5.16 Å². The minimum atomic E-state index is -0.481. The molecule has 0 aliphatic heterocycles. The molecule has 2 N–H and O–H groups in total. The van der Waals surface area contributed by atoms with Crippen molar-refractivity contribution in [2.75, 3.05) is 12.3 Å². The maximum atomic E-state index is 12.0. The lowest BCUT2D eigenvalue weighted by Gasteiger charge is -2.09. The van der Waals surface area contributed by atoms with Crippen molar-refractivity contribution in [1.82, 2.24) is 20.2 Å². The number of benzene rings is 2. The molecule has 3 rings (SSSR count). The fourth-order valence-corrected chi connectivity index (χ4v) is 3.37. The Hall–Kier alpha value is -2.80. The Balaban J connectivity index is 1.86. The lowest BCUT2D eigenvalue weighted by molar-refractivity contribution is -0.117. The zero-order valence-corrected chi connectivity index (χ0v) is 15.5. The second-order valence-electron chi connectivity index (χ2n) is 5.75. The number of carbonyl (C=O) groups is 2. The molecule has 1 heterocycles. The Labute approximate surface area is 156 Å². The average molecular weight is 368 g/mol. The maximum absolute atomic E-state index is 12.0. The number of carbonyl (C=O) groups excluding carboxylic acids is 2. The summed E-state index contributed by atoms with van der Waals surface area (Å²) in [5, 5.41) is 5.55. The van der Waals surface area contributed by atoms with Crippen LogP contribution in [-0.2, 0) is 4.79 Å². The topological polar surface area (TPSA) is 76.0 Å². The zero-order chi connectivity index (χ0) is 18.5. The van der Waals surface area contributed by atoms with Gasteiger partial charge in [0.1, 0.15) is 0 Å². The highest BCUT2D eigenvalue weighted by atomic mass is 32.2. The van der Waals surface area contributed by atoms with Crippen molar-refractivity contribution in [1.29, 1.82) is 0 Å². The molecule has 26 heavy (non-hydrogen) atoms. The number of hydrogen-bond acceptors (Lipinski definition) is 4. The first kappa shape index (κ1) is 18.0. The second-order valence-corrected chi connectivity index (χ2v) is 6.69. The first-order valence-electron chi connectivity index (χ1n) is 8.33. The fraction of sp³-hybridized carbons (Fsp3) is 0.211. The molecule has 134 valence electrons. The van der Waals surface area contributed by atoms with E-state index < -0.39 is 6.03 Å². The van der Waals surface area contributed by atoms with Crippen molar-refractivity contribution in [3.63, 3.8) is 0 Å². The van der Waals surface area contributed by atoms with Crippen LogP contribution in [0.3, 0.4) is 0 Å². The van der Waals surface area contributed by atoms with Crippen LogP contribution in [0.25, 0.3) is 16.7 Å². The van der Waals surface area contributed by atoms with Crippen LogP contribution in [0.15, 0.2) is 53.7 Å². The Bertz CT molecular complexity index is 934. The molecule has 0 fully saturated rings. The molecule has 7 heteroatoms. The van der Waals surface area contributed by atoms with Crippen molar-refractivity contribution >= 4 is 34.7 Å². The number of amides is 3. The van der Waals surface area contributed by atoms with E-state index in [0.29, 0.717) is 11.7 Å². The van der Waals surface area contributed by atoms with Crippen molar-refractivity contribution in [3.8, 4) is 5.69 Å². The third-order valence-corrected chi connectivity index (χ3v) is 4.68. The molecule has 0 saturated heterocycles. The summed E-state index contributed by atoms with van der Waals surface area (Å²) in [7, 11) is 0. The predicted molar refractivity (Wildman–Crippen MR) is 104 cm³/mol. The number of imide groups is 1. The number of aryl methyl sites for hydroxylation is 1. The van der Waals surface area contributed by atoms with E-state index >= 15 is 0 Å². The van der Waals surface area contributed by atoms with E-state index in [0.717, 1.165) is 16.7 Å². The summed E-state index contributed by atoms with van der Waals surface area (Å²) in [4.78, 5) is 28.1. The first-order valence-corrected chi connectivity index (χ1v) is 9.32. The molecule has 2 aromatic carbocycles. The number of para-hydroxylation sites is 2. The summed E-state index contributed by atoms with van der Waals surface area (Å²) in [5.41, 5.74) is 3.99. The molecule has 0 spiro atoms. The number of rotatable bonds is 5. The van der Waals surface area contributed by atoms with Crippen LogP contribution < -0.4 is 10.6 Å². The number of imidazole rings is 1. The van der Waals surface area contributed by atoms with Crippen molar-refractivity contribution in [2.24, 2.45) is 0 Å². The van der Waals surface area contributed by atoms with E-state index in [1.165, 1.54) is 17.3 Å². The Morgan fingerprint density at radius 1 is 1.12 bits per heavy atom. The highest BCUT2D eigenvalue weighted by molar-refractivity contribution is 7.99. The Kier molecular flexibility index (Phi) is 5.58. The van der Waals surface area contributed by atoms with Gasteiger partial charge in [0.2, 0.25) is 5.91 Å². The van der Waals surface area contributed by atoms with Gasteiger partial charge in [-0.05, 0) is 38.1 Å². The fourth-order valence-electron chi connectivity index (χ4n) is 2.54. The number of hydrogen-bond donors (Lipinski definition) is 2. The van der Waals surface area contributed by atoms with Gasteiger partial charge in [-0.25, -0.2) is 9.78 Å². The van der Waals surface area contributed by atoms with Gasteiger partial charge >= 0.3 is 6.03 Å². The van der Waals surface area contributed by atoms with Gasteiger partial charge in [-0.15, -0.1) is 0 Å². The minimum absolute atomic E-state index is 0.103. The van der Waals surface area contributed by atoms with E-state index in [2.05, 4.69) is 15.6 Å². The molecule has 0 bridgehead atoms. The molecule has 3 aromatic rings. The summed E-state index contributed by atoms with van der Waals surface area (Å²) in [6.07, 6.45) is 0. The lowest BCUT2D eigenvalue weighted by atomic mass is 10.2. The lowest BCUT2D eigenvalue weighted by Crippen LogP contribution is -2.40. The van der Waals surface area contributed by atoms with E-state index in [1.54, 1.807) is 6.92 Å². The molecular weight excluding hydrogens is 348 g/mol. The standard InChI is InChI=1S/C19H20N4O2S/c1-3-20-18(25)22-17(24)12-26-19-21-15-6-4-5-7-16(15)23(19)14-10-8-13(2)9-11-14/h4-11H,3,12H2,1-2H3,(H2,20,22,24,25). The molecule has 0 atom stereocenters. The van der Waals surface area contributed by atoms with Crippen molar-refractivity contribution < 1.29 is 9.59 Å². The molecular formula is C19H20N4O2S. The van der Waals surface area contributed by atoms with E-state index in [4.69, 9.17) is 0 Å². The quantitative estimate of drug-likeness (QED) is 0.678. The minimum Gasteiger partial charge on any atom is -0.338 e. The first-order chi connectivity index (χ1) is 12.6. The van der Waals surface area contributed by atoms with E-state index in [-0.39, 0.29) is 11.7 Å². The van der Waals surface area contributed by atoms with Crippen molar-refractivity contribution in [2.45, 2.75) is 19.0 Å². The molecule has 0 aliphatic carbocycles. The van der Waals surface area contributed by atoms with Gasteiger partial charge in [-0.3, -0.25) is 14.7 Å². The number of urea groups is 1. The van der Waals surface area contributed by atoms with Gasteiger partial charge in [0.05, 0.1) is 16.8 Å². The summed E-state index contributed by atoms with van der Waals surface area (Å²) in [5.74, 6) is -0.254. The van der Waals surface area contributed by atoms with Crippen LogP contribution in [-0.4, -0.2) is 33.8 Å². The Morgan fingerprint density at radius 2 is 1.85 bits per heavy atom. The van der Waals surface area contributed by atoms with Crippen LogP contribution in [0, 0.1) is 6.92 Å². The zero-order valence-electron chi connectivity index (χ0n) is 14.7. The van der Waals surface area contributed by atoms with Crippen LogP contribution in [0.2, 0.25) is 0 Å². The molecule has 6 nitrogen and oxygen atoms in total. The number of aromatic nitrogens is 2. The number of nitrogens with one attached hydrogen (secondary N) is 2. The van der Waals surface area contributed by atoms with Gasteiger partial charge in [0.25, 0.3) is 0 Å². The monoisotopic (exact) mass is 368 g/mol. The molecule has 0 aliphatic rings. The molecule has 0 unspecified atom stereocenters. The third-order valence-electron chi connectivity index (χ3n) is 3.74.